The molecule has 0 radical (unpaired) electrons. The van der Waals surface area contributed by atoms with Crippen LogP contribution < -0.4 is 16.2 Å². The lowest BCUT2D eigenvalue weighted by Crippen LogP contribution is -2.53. The standard InChI is InChI=1S/C24H28N4O2S/c29-22(26-20-8-3-6-17-5-1-2-7-19(17)20)12-25-24(31)27-13-16-11-18(15-27)21-9-4-10-23(30)28(21)14-16/h1-2,4-5,7,9-10,16,18,20H,3,6,8,11-15H2,(H,25,31)(H,26,29). The number of aromatic nitrogens is 1. The number of aryl methyl sites for hydroxylation is 1. The summed E-state index contributed by atoms with van der Waals surface area (Å²) in [6.07, 6.45) is 4.23. The lowest BCUT2D eigenvalue weighted by molar-refractivity contribution is -0.120. The number of fused-ring (bicyclic) bond motifs is 5. The van der Waals surface area contributed by atoms with Crippen LogP contribution in [0.5, 0.6) is 0 Å². The highest BCUT2D eigenvalue weighted by Gasteiger charge is 2.35. The third-order valence-electron chi connectivity index (χ3n) is 6.87. The van der Waals surface area contributed by atoms with Gasteiger partial charge in [-0.2, -0.15) is 0 Å². The zero-order valence-electron chi connectivity index (χ0n) is 17.5. The summed E-state index contributed by atoms with van der Waals surface area (Å²) < 4.78 is 1.92. The molecule has 2 aliphatic heterocycles. The van der Waals surface area contributed by atoms with Crippen molar-refractivity contribution in [2.45, 2.75) is 44.2 Å². The van der Waals surface area contributed by atoms with E-state index in [0.717, 1.165) is 51.0 Å². The van der Waals surface area contributed by atoms with Crippen molar-refractivity contribution in [2.24, 2.45) is 5.92 Å². The average molecular weight is 437 g/mol. The van der Waals surface area contributed by atoms with Gasteiger partial charge in [0.15, 0.2) is 5.11 Å². The first kappa shape index (κ1) is 20.2. The maximum absolute atomic E-state index is 12.6. The third kappa shape index (κ3) is 4.11. The van der Waals surface area contributed by atoms with Crippen molar-refractivity contribution >= 4 is 23.2 Å². The maximum Gasteiger partial charge on any atom is 0.250 e. The molecule has 2 N–H and O–H groups in total. The van der Waals surface area contributed by atoms with E-state index in [2.05, 4.69) is 39.8 Å². The molecule has 0 saturated carbocycles. The van der Waals surface area contributed by atoms with Gasteiger partial charge in [0.2, 0.25) is 5.91 Å². The van der Waals surface area contributed by atoms with Gasteiger partial charge in [-0.3, -0.25) is 9.59 Å². The number of amides is 1. The van der Waals surface area contributed by atoms with Crippen molar-refractivity contribution in [3.05, 3.63) is 69.6 Å². The molecule has 6 nitrogen and oxygen atoms in total. The molecule has 3 atom stereocenters. The number of nitrogens with zero attached hydrogens (tertiary/aromatic N) is 2. The number of pyridine rings is 1. The van der Waals surface area contributed by atoms with Crippen LogP contribution >= 0.6 is 12.2 Å². The minimum Gasteiger partial charge on any atom is -0.354 e. The average Bonchev–Trinajstić information content (AvgIpc) is 2.78. The molecular formula is C24H28N4O2S. The number of benzene rings is 1. The highest BCUT2D eigenvalue weighted by atomic mass is 32.1. The van der Waals surface area contributed by atoms with E-state index >= 15 is 0 Å². The Morgan fingerprint density at radius 3 is 2.87 bits per heavy atom. The van der Waals surface area contributed by atoms with Crippen molar-refractivity contribution in [3.63, 3.8) is 0 Å². The van der Waals surface area contributed by atoms with Gasteiger partial charge < -0.3 is 20.1 Å². The van der Waals surface area contributed by atoms with Crippen molar-refractivity contribution < 1.29 is 4.79 Å². The predicted molar refractivity (Wildman–Crippen MR) is 124 cm³/mol. The van der Waals surface area contributed by atoms with Crippen LogP contribution in [0.4, 0.5) is 0 Å². The molecule has 7 heteroatoms. The van der Waals surface area contributed by atoms with Gasteiger partial charge in [0.1, 0.15) is 0 Å². The minimum absolute atomic E-state index is 0.0295. The topological polar surface area (TPSA) is 66.4 Å². The van der Waals surface area contributed by atoms with E-state index in [0.29, 0.717) is 16.9 Å². The monoisotopic (exact) mass is 436 g/mol. The van der Waals surface area contributed by atoms with E-state index in [9.17, 15) is 9.59 Å². The molecular weight excluding hydrogens is 408 g/mol. The highest BCUT2D eigenvalue weighted by molar-refractivity contribution is 7.80. The summed E-state index contributed by atoms with van der Waals surface area (Å²) in [7, 11) is 0. The number of likely N-dealkylation sites (tertiary alicyclic amines) is 1. The van der Waals surface area contributed by atoms with Gasteiger partial charge in [-0.25, -0.2) is 0 Å². The first-order valence-corrected chi connectivity index (χ1v) is 11.6. The molecule has 1 fully saturated rings. The van der Waals surface area contributed by atoms with E-state index in [1.54, 1.807) is 6.07 Å². The molecule has 1 aromatic carbocycles. The maximum atomic E-state index is 12.6. The van der Waals surface area contributed by atoms with E-state index in [1.807, 2.05) is 16.7 Å². The summed E-state index contributed by atoms with van der Waals surface area (Å²) in [4.78, 5) is 27.0. The molecule has 1 aromatic heterocycles. The third-order valence-corrected chi connectivity index (χ3v) is 7.27. The molecule has 1 saturated heterocycles. The fraction of sp³-hybridized carbons (Fsp3) is 0.458. The molecule has 2 aromatic rings. The van der Waals surface area contributed by atoms with Crippen LogP contribution in [0.25, 0.3) is 0 Å². The normalized spacial score (nSPS) is 24.0. The Hall–Kier alpha value is -2.67. The summed E-state index contributed by atoms with van der Waals surface area (Å²) >= 11 is 5.63. The second-order valence-electron chi connectivity index (χ2n) is 8.97. The number of carbonyl (C=O) groups is 1. The van der Waals surface area contributed by atoms with E-state index in [1.165, 1.54) is 11.1 Å². The molecule has 3 unspecified atom stereocenters. The molecule has 2 bridgehead atoms. The highest BCUT2D eigenvalue weighted by Crippen LogP contribution is 2.35. The van der Waals surface area contributed by atoms with Crippen LogP contribution in [0, 0.1) is 5.92 Å². The van der Waals surface area contributed by atoms with E-state index < -0.39 is 0 Å². The fourth-order valence-electron chi connectivity index (χ4n) is 5.48. The lowest BCUT2D eigenvalue weighted by Gasteiger charge is -2.43. The van der Waals surface area contributed by atoms with Gasteiger partial charge in [-0.05, 0) is 61.0 Å². The number of rotatable bonds is 3. The number of carbonyl (C=O) groups excluding carboxylic acids is 1. The zero-order valence-corrected chi connectivity index (χ0v) is 18.4. The van der Waals surface area contributed by atoms with Crippen molar-refractivity contribution in [1.29, 1.82) is 0 Å². The van der Waals surface area contributed by atoms with Crippen molar-refractivity contribution in [3.8, 4) is 0 Å². The Morgan fingerprint density at radius 2 is 1.97 bits per heavy atom. The van der Waals surface area contributed by atoms with Gasteiger partial charge in [0, 0.05) is 37.3 Å². The van der Waals surface area contributed by atoms with Crippen LogP contribution in [0.15, 0.2) is 47.3 Å². The summed E-state index contributed by atoms with van der Waals surface area (Å²) in [6.45, 7) is 2.52. The molecule has 162 valence electrons. The molecule has 1 aliphatic carbocycles. The van der Waals surface area contributed by atoms with Gasteiger partial charge in [0.05, 0.1) is 12.6 Å². The Kier molecular flexibility index (Phi) is 5.52. The number of piperidine rings is 1. The van der Waals surface area contributed by atoms with E-state index in [4.69, 9.17) is 12.2 Å². The quantitative estimate of drug-likeness (QED) is 0.723. The van der Waals surface area contributed by atoms with Gasteiger partial charge in [-0.15, -0.1) is 0 Å². The second-order valence-corrected chi connectivity index (χ2v) is 9.36. The van der Waals surface area contributed by atoms with Gasteiger partial charge >= 0.3 is 0 Å². The molecule has 3 aliphatic rings. The number of thiocarbonyl (C=S) groups is 1. The van der Waals surface area contributed by atoms with E-state index in [-0.39, 0.29) is 24.1 Å². The number of nitrogens with one attached hydrogen (secondary N) is 2. The van der Waals surface area contributed by atoms with Crippen LogP contribution in [-0.4, -0.2) is 40.1 Å². The van der Waals surface area contributed by atoms with Crippen LogP contribution in [0.1, 0.15) is 48.0 Å². The smallest absolute Gasteiger partial charge is 0.250 e. The molecule has 5 rings (SSSR count). The Bertz CT molecular complexity index is 1070. The fourth-order valence-corrected chi connectivity index (χ4v) is 5.70. The Labute approximate surface area is 187 Å². The van der Waals surface area contributed by atoms with Crippen molar-refractivity contribution in [2.75, 3.05) is 19.6 Å². The van der Waals surface area contributed by atoms with Crippen molar-refractivity contribution in [1.82, 2.24) is 20.1 Å². The van der Waals surface area contributed by atoms with Crippen LogP contribution in [-0.2, 0) is 17.8 Å². The Balaban J connectivity index is 1.18. The Morgan fingerprint density at radius 1 is 1.10 bits per heavy atom. The van der Waals surface area contributed by atoms with Crippen LogP contribution in [0.2, 0.25) is 0 Å². The lowest BCUT2D eigenvalue weighted by atomic mass is 9.83. The number of hydrogen-bond donors (Lipinski definition) is 2. The second kappa shape index (κ2) is 8.46. The summed E-state index contributed by atoms with van der Waals surface area (Å²) in [5.41, 5.74) is 3.76. The first-order chi connectivity index (χ1) is 15.1. The molecule has 3 heterocycles. The predicted octanol–water partition coefficient (Wildman–Crippen LogP) is 2.34. The van der Waals surface area contributed by atoms with Gasteiger partial charge in [0.25, 0.3) is 5.56 Å². The van der Waals surface area contributed by atoms with Gasteiger partial charge in [-0.1, -0.05) is 30.3 Å². The summed E-state index contributed by atoms with van der Waals surface area (Å²) in [5.74, 6) is 0.672. The molecule has 31 heavy (non-hydrogen) atoms. The molecule has 0 spiro atoms. The van der Waals surface area contributed by atoms with Crippen LogP contribution in [0.3, 0.4) is 0 Å². The first-order valence-electron chi connectivity index (χ1n) is 11.2. The summed E-state index contributed by atoms with van der Waals surface area (Å²) in [6, 6.07) is 14.0. The minimum atomic E-state index is -0.0295. The largest absolute Gasteiger partial charge is 0.354 e. The number of hydrogen-bond acceptors (Lipinski definition) is 3. The zero-order chi connectivity index (χ0) is 21.4. The summed E-state index contributed by atoms with van der Waals surface area (Å²) in [5, 5.41) is 6.97. The molecule has 1 amide bonds. The SMILES string of the molecule is O=C(CNC(=S)N1CC2CC(C1)c1cccc(=O)n1C2)NC1CCCc2ccccc21.